The third-order valence-corrected chi connectivity index (χ3v) is 4.16. The lowest BCUT2D eigenvalue weighted by atomic mass is 10.1. The molecule has 0 saturated heterocycles. The number of methoxy groups -OCH3 is 1. The van der Waals surface area contributed by atoms with E-state index in [0.717, 1.165) is 0 Å². The predicted molar refractivity (Wildman–Crippen MR) is 108 cm³/mol. The molecule has 0 aromatic heterocycles. The quantitative estimate of drug-likeness (QED) is 0.233. The van der Waals surface area contributed by atoms with Crippen molar-refractivity contribution in [2.75, 3.05) is 19.0 Å². The Hall–Kier alpha value is -2.98. The number of esters is 1. The zero-order valence-electron chi connectivity index (χ0n) is 17.2. The Kier molecular flexibility index (Phi) is 11.1. The zero-order valence-corrected chi connectivity index (χ0v) is 17.2. The Balaban J connectivity index is 2.38. The molecule has 166 valence electrons. The van der Waals surface area contributed by atoms with E-state index in [2.05, 4.69) is 20.7 Å². The predicted octanol–water partition coefficient (Wildman–Crippen LogP) is -0.0360. The smallest absolute Gasteiger partial charge is 0.305 e. The molecule has 0 radical (unpaired) electrons. The maximum absolute atomic E-state index is 12.3. The molecule has 0 aliphatic heterocycles. The van der Waals surface area contributed by atoms with Crippen molar-refractivity contribution >= 4 is 29.4 Å². The van der Waals surface area contributed by atoms with Gasteiger partial charge in [-0.1, -0.05) is 6.07 Å². The molecule has 10 heteroatoms. The normalized spacial score (nSPS) is 11.3. The minimum Gasteiger partial charge on any atom is -0.469 e. The molecule has 0 aliphatic rings. The van der Waals surface area contributed by atoms with Crippen LogP contribution in [0.5, 0.6) is 0 Å². The van der Waals surface area contributed by atoms with E-state index >= 15 is 0 Å². The molecule has 0 bridgehead atoms. The number of rotatable bonds is 12. The van der Waals surface area contributed by atoms with Gasteiger partial charge in [0.2, 0.25) is 17.7 Å². The molecule has 0 saturated carbocycles. The Morgan fingerprint density at radius 2 is 1.57 bits per heavy atom. The Bertz CT molecular complexity index is 730. The monoisotopic (exact) mass is 423 g/mol. The Morgan fingerprint density at radius 3 is 2.13 bits per heavy atom. The van der Waals surface area contributed by atoms with Crippen LogP contribution >= 0.6 is 0 Å². The summed E-state index contributed by atoms with van der Waals surface area (Å²) in [6.45, 7) is 0.726. The van der Waals surface area contributed by atoms with E-state index in [4.69, 9.17) is 0 Å². The topological polar surface area (TPSA) is 154 Å². The van der Waals surface area contributed by atoms with Crippen molar-refractivity contribution in [2.45, 2.75) is 51.9 Å². The van der Waals surface area contributed by atoms with Crippen molar-refractivity contribution in [2.24, 2.45) is 0 Å². The first-order valence-corrected chi connectivity index (χ1v) is 9.57. The average molecular weight is 423 g/mol. The van der Waals surface area contributed by atoms with E-state index in [9.17, 15) is 29.4 Å². The summed E-state index contributed by atoms with van der Waals surface area (Å²) in [5.74, 6) is -1.68. The second kappa shape index (κ2) is 13.3. The number of hydrogen-bond acceptors (Lipinski definition) is 7. The molecule has 10 nitrogen and oxygen atoms in total. The number of carbonyl (C=O) groups excluding carboxylic acids is 4. The fourth-order valence-corrected chi connectivity index (χ4v) is 2.55. The lowest BCUT2D eigenvalue weighted by molar-refractivity contribution is -0.140. The van der Waals surface area contributed by atoms with Crippen LogP contribution < -0.4 is 16.0 Å². The highest BCUT2D eigenvalue weighted by atomic mass is 16.5. The summed E-state index contributed by atoms with van der Waals surface area (Å²) in [5, 5.41) is 26.0. The van der Waals surface area contributed by atoms with Crippen LogP contribution in [-0.4, -0.2) is 53.6 Å². The summed E-state index contributed by atoms with van der Waals surface area (Å²) in [6, 6.07) is 3.86. The molecule has 30 heavy (non-hydrogen) atoms. The van der Waals surface area contributed by atoms with E-state index in [0.29, 0.717) is 29.7 Å². The summed E-state index contributed by atoms with van der Waals surface area (Å²) in [4.78, 5) is 46.9. The van der Waals surface area contributed by atoms with Crippen LogP contribution in [0.25, 0.3) is 0 Å². The molecule has 1 aromatic rings. The third-order valence-electron chi connectivity index (χ3n) is 4.16. The first kappa shape index (κ1) is 25.1. The first-order chi connectivity index (χ1) is 14.3. The lowest BCUT2D eigenvalue weighted by Gasteiger charge is -2.15. The maximum atomic E-state index is 12.3. The Morgan fingerprint density at radius 1 is 0.967 bits per heavy atom. The molecule has 0 heterocycles. The fraction of sp³-hybridized carbons (Fsp3) is 0.500. The number of hydrogen-bond donors (Lipinski definition) is 5. The van der Waals surface area contributed by atoms with Gasteiger partial charge in [0.15, 0.2) is 0 Å². The van der Waals surface area contributed by atoms with Crippen LogP contribution in [0.4, 0.5) is 5.69 Å². The van der Waals surface area contributed by atoms with Crippen molar-refractivity contribution in [1.29, 1.82) is 0 Å². The second-order valence-corrected chi connectivity index (χ2v) is 6.69. The van der Waals surface area contributed by atoms with E-state index in [1.807, 2.05) is 0 Å². The van der Waals surface area contributed by atoms with Crippen molar-refractivity contribution in [3.8, 4) is 0 Å². The van der Waals surface area contributed by atoms with Gasteiger partial charge in [-0.3, -0.25) is 19.2 Å². The lowest BCUT2D eigenvalue weighted by Crippen LogP contribution is -2.45. The van der Waals surface area contributed by atoms with Gasteiger partial charge in [0.1, 0.15) is 6.04 Å². The number of unbranched alkanes of at least 4 members (excludes halogenated alkanes) is 1. The largest absolute Gasteiger partial charge is 0.469 e. The SMILES string of the molecule is COC(=O)CCCCC(=O)NCC(=O)N[C@@H](C)C(=O)Nc1cc(CO)cc(CO)c1. The highest BCUT2D eigenvalue weighted by molar-refractivity contribution is 5.97. The van der Waals surface area contributed by atoms with E-state index in [1.54, 1.807) is 18.2 Å². The molecule has 1 aromatic carbocycles. The second-order valence-electron chi connectivity index (χ2n) is 6.69. The summed E-state index contributed by atoms with van der Waals surface area (Å²) in [7, 11) is 1.30. The van der Waals surface area contributed by atoms with E-state index in [-0.39, 0.29) is 44.5 Å². The molecular weight excluding hydrogens is 394 g/mol. The van der Waals surface area contributed by atoms with Gasteiger partial charge < -0.3 is 30.9 Å². The van der Waals surface area contributed by atoms with E-state index in [1.165, 1.54) is 14.0 Å². The van der Waals surface area contributed by atoms with Gasteiger partial charge in [-0.15, -0.1) is 0 Å². The summed E-state index contributed by atoms with van der Waals surface area (Å²) < 4.78 is 4.51. The van der Waals surface area contributed by atoms with Crippen LogP contribution in [-0.2, 0) is 37.1 Å². The van der Waals surface area contributed by atoms with Crippen molar-refractivity contribution < 1.29 is 34.1 Å². The molecule has 3 amide bonds. The maximum Gasteiger partial charge on any atom is 0.305 e. The highest BCUT2D eigenvalue weighted by Gasteiger charge is 2.16. The standard InChI is InChI=1S/C20H29N3O7/c1-13(20(29)23-16-8-14(11-24)7-15(9-16)12-25)22-18(27)10-21-17(26)5-3-4-6-19(28)30-2/h7-9,13,24-25H,3-6,10-12H2,1-2H3,(H,21,26)(H,22,27)(H,23,29)/t13-/m0/s1. The Labute approximate surface area is 175 Å². The number of aliphatic hydroxyl groups excluding tert-OH is 2. The van der Waals surface area contributed by atoms with Crippen molar-refractivity contribution in [3.63, 3.8) is 0 Å². The summed E-state index contributed by atoms with van der Waals surface area (Å²) in [6.07, 6.45) is 1.41. The molecule has 1 atom stereocenters. The third kappa shape index (κ3) is 9.48. The van der Waals surface area contributed by atoms with Crippen LogP contribution in [0.3, 0.4) is 0 Å². The van der Waals surface area contributed by atoms with Gasteiger partial charge in [0.25, 0.3) is 0 Å². The van der Waals surface area contributed by atoms with Gasteiger partial charge in [-0.2, -0.15) is 0 Å². The molecular formula is C20H29N3O7. The first-order valence-electron chi connectivity index (χ1n) is 9.57. The average Bonchev–Trinajstić information content (AvgIpc) is 2.74. The number of aliphatic hydroxyl groups is 2. The van der Waals surface area contributed by atoms with Gasteiger partial charge in [-0.25, -0.2) is 0 Å². The number of anilines is 1. The number of nitrogens with one attached hydrogen (secondary N) is 3. The number of ether oxygens (including phenoxy) is 1. The number of benzene rings is 1. The van der Waals surface area contributed by atoms with Gasteiger partial charge in [-0.05, 0) is 43.0 Å². The number of amides is 3. The number of carbonyl (C=O) groups is 4. The highest BCUT2D eigenvalue weighted by Crippen LogP contribution is 2.15. The van der Waals surface area contributed by atoms with Crippen LogP contribution in [0.15, 0.2) is 18.2 Å². The molecule has 0 unspecified atom stereocenters. The van der Waals surface area contributed by atoms with Crippen molar-refractivity contribution in [1.82, 2.24) is 10.6 Å². The van der Waals surface area contributed by atoms with Gasteiger partial charge in [0.05, 0.1) is 26.9 Å². The minimum absolute atomic E-state index is 0.175. The zero-order chi connectivity index (χ0) is 22.5. The molecule has 5 N–H and O–H groups in total. The molecule has 0 spiro atoms. The van der Waals surface area contributed by atoms with Crippen molar-refractivity contribution in [3.05, 3.63) is 29.3 Å². The fourth-order valence-electron chi connectivity index (χ4n) is 2.55. The minimum atomic E-state index is -0.871. The summed E-state index contributed by atoms with van der Waals surface area (Å²) in [5.41, 5.74) is 1.45. The van der Waals surface area contributed by atoms with E-state index < -0.39 is 17.9 Å². The van der Waals surface area contributed by atoms with Crippen LogP contribution in [0.2, 0.25) is 0 Å². The molecule has 0 aliphatic carbocycles. The molecule has 0 fully saturated rings. The summed E-state index contributed by atoms with van der Waals surface area (Å²) >= 11 is 0. The van der Waals surface area contributed by atoms with Crippen LogP contribution in [0, 0.1) is 0 Å². The van der Waals surface area contributed by atoms with Gasteiger partial charge in [0, 0.05) is 18.5 Å². The van der Waals surface area contributed by atoms with Crippen LogP contribution in [0.1, 0.15) is 43.7 Å². The molecule has 1 rings (SSSR count). The van der Waals surface area contributed by atoms with Gasteiger partial charge >= 0.3 is 5.97 Å².